The van der Waals surface area contributed by atoms with Gasteiger partial charge in [0, 0.05) is 12.0 Å². The van der Waals surface area contributed by atoms with Crippen LogP contribution < -0.4 is 0 Å². The lowest BCUT2D eigenvalue weighted by molar-refractivity contribution is -0.219. The first-order valence-corrected chi connectivity index (χ1v) is 13.5. The Kier molecular flexibility index (Phi) is 7.75. The lowest BCUT2D eigenvalue weighted by Crippen LogP contribution is -2.49. The fourth-order valence-corrected chi connectivity index (χ4v) is 6.11. The van der Waals surface area contributed by atoms with Crippen molar-refractivity contribution >= 4 is 11.4 Å². The Morgan fingerprint density at radius 1 is 0.771 bits per heavy atom. The van der Waals surface area contributed by atoms with E-state index in [0.29, 0.717) is 12.0 Å². The highest BCUT2D eigenvalue weighted by molar-refractivity contribution is 6.03. The zero-order valence-corrected chi connectivity index (χ0v) is 21.0. The standard InChI is InChI=1S/C32H38N2O/c1-2-3-4-16-25-35-34-30-24-15-14-23-29(30)31(33-28-21-12-7-13-22-28)32(34,26-17-8-5-9-18-26)27-19-10-6-11-20-27/h5-13,17-22,29-30H,2-4,14-16,23-25H2,1H3. The van der Waals surface area contributed by atoms with Crippen LogP contribution in [-0.4, -0.2) is 23.4 Å². The Hall–Kier alpha value is -2.75. The van der Waals surface area contributed by atoms with E-state index in [-0.39, 0.29) is 0 Å². The molecule has 3 aromatic rings. The topological polar surface area (TPSA) is 24.8 Å². The van der Waals surface area contributed by atoms with Crippen molar-refractivity contribution in [2.24, 2.45) is 10.9 Å². The zero-order chi connectivity index (χ0) is 23.9. The normalized spacial score (nSPS) is 22.8. The van der Waals surface area contributed by atoms with E-state index in [1.54, 1.807) is 0 Å². The number of unbranched alkanes of at least 4 members (excludes halogenated alkanes) is 3. The highest BCUT2D eigenvalue weighted by atomic mass is 16.7. The van der Waals surface area contributed by atoms with E-state index in [2.05, 4.69) is 103 Å². The van der Waals surface area contributed by atoms with Crippen molar-refractivity contribution < 1.29 is 4.84 Å². The molecule has 0 aromatic heterocycles. The summed E-state index contributed by atoms with van der Waals surface area (Å²) in [5.41, 5.74) is 4.20. The van der Waals surface area contributed by atoms with Crippen LogP contribution in [0.3, 0.4) is 0 Å². The van der Waals surface area contributed by atoms with Gasteiger partial charge in [-0.25, -0.2) is 0 Å². The maximum absolute atomic E-state index is 6.86. The highest BCUT2D eigenvalue weighted by Gasteiger charge is 2.59. The molecule has 1 saturated carbocycles. The number of hydrogen-bond donors (Lipinski definition) is 0. The van der Waals surface area contributed by atoms with Gasteiger partial charge in [-0.15, -0.1) is 0 Å². The minimum Gasteiger partial charge on any atom is -0.297 e. The summed E-state index contributed by atoms with van der Waals surface area (Å²) >= 11 is 0. The lowest BCUT2D eigenvalue weighted by Gasteiger charge is -2.41. The minimum absolute atomic E-state index is 0.331. The summed E-state index contributed by atoms with van der Waals surface area (Å²) < 4.78 is 0. The Morgan fingerprint density at radius 3 is 2.00 bits per heavy atom. The molecule has 0 amide bonds. The number of fused-ring (bicyclic) bond motifs is 1. The third-order valence-corrected chi connectivity index (χ3v) is 7.70. The number of para-hydroxylation sites is 1. The van der Waals surface area contributed by atoms with Gasteiger partial charge in [-0.2, -0.15) is 5.06 Å². The third-order valence-electron chi connectivity index (χ3n) is 7.70. The van der Waals surface area contributed by atoms with Crippen LogP contribution in [0.2, 0.25) is 0 Å². The van der Waals surface area contributed by atoms with Gasteiger partial charge >= 0.3 is 0 Å². The molecular weight excluding hydrogens is 428 g/mol. The fourth-order valence-electron chi connectivity index (χ4n) is 6.11. The van der Waals surface area contributed by atoms with Gasteiger partial charge in [0.05, 0.1) is 18.0 Å². The first kappa shape index (κ1) is 24.0. The Bertz CT molecular complexity index is 1040. The molecule has 2 aliphatic rings. The predicted molar refractivity (Wildman–Crippen MR) is 145 cm³/mol. The summed E-state index contributed by atoms with van der Waals surface area (Å²) in [6.07, 6.45) is 9.61. The van der Waals surface area contributed by atoms with Crippen LogP contribution in [-0.2, 0) is 10.4 Å². The quantitative estimate of drug-likeness (QED) is 0.298. The Balaban J connectivity index is 1.70. The summed E-state index contributed by atoms with van der Waals surface area (Å²) in [6, 6.07) is 32.7. The molecule has 3 aromatic carbocycles. The Morgan fingerprint density at radius 2 is 1.37 bits per heavy atom. The van der Waals surface area contributed by atoms with Crippen molar-refractivity contribution in [3.8, 4) is 0 Å². The fraction of sp³-hybridized carbons (Fsp3) is 0.406. The van der Waals surface area contributed by atoms with Crippen molar-refractivity contribution in [2.45, 2.75) is 69.9 Å². The van der Waals surface area contributed by atoms with Crippen molar-refractivity contribution in [2.75, 3.05) is 6.61 Å². The maximum Gasteiger partial charge on any atom is 0.135 e. The minimum atomic E-state index is -0.539. The first-order chi connectivity index (χ1) is 17.4. The van der Waals surface area contributed by atoms with Crippen molar-refractivity contribution in [1.82, 2.24) is 5.06 Å². The maximum atomic E-state index is 6.86. The molecule has 182 valence electrons. The van der Waals surface area contributed by atoms with Crippen LogP contribution in [0.15, 0.2) is 96.0 Å². The molecule has 2 unspecified atom stereocenters. The number of hydroxylamine groups is 2. The van der Waals surface area contributed by atoms with Crippen molar-refractivity contribution in [3.63, 3.8) is 0 Å². The van der Waals surface area contributed by atoms with E-state index in [9.17, 15) is 0 Å². The molecule has 1 aliphatic heterocycles. The molecule has 0 spiro atoms. The summed E-state index contributed by atoms with van der Waals surface area (Å²) in [4.78, 5) is 12.3. The van der Waals surface area contributed by atoms with Crippen molar-refractivity contribution in [1.29, 1.82) is 0 Å². The molecule has 1 saturated heterocycles. The van der Waals surface area contributed by atoms with Crippen LogP contribution in [0.1, 0.15) is 69.4 Å². The number of hydrogen-bond acceptors (Lipinski definition) is 3. The number of rotatable bonds is 9. The summed E-state index contributed by atoms with van der Waals surface area (Å²) in [5, 5.41) is 2.38. The van der Waals surface area contributed by atoms with Crippen molar-refractivity contribution in [3.05, 3.63) is 102 Å². The summed E-state index contributed by atoms with van der Waals surface area (Å²) in [6.45, 7) is 3.01. The van der Waals surface area contributed by atoms with Crippen LogP contribution in [0.25, 0.3) is 0 Å². The van der Waals surface area contributed by atoms with E-state index in [1.807, 2.05) is 0 Å². The van der Waals surface area contributed by atoms with Gasteiger partial charge in [0.1, 0.15) is 5.54 Å². The molecule has 1 aliphatic carbocycles. The number of benzene rings is 3. The average molecular weight is 467 g/mol. The molecule has 3 nitrogen and oxygen atoms in total. The zero-order valence-electron chi connectivity index (χ0n) is 21.0. The predicted octanol–water partition coefficient (Wildman–Crippen LogP) is 8.09. The number of aliphatic imine (C=N–C) groups is 1. The SMILES string of the molecule is CCCCCCON1C2CCCCC2C(=Nc2ccccc2)C1(c1ccccc1)c1ccccc1. The molecule has 35 heavy (non-hydrogen) atoms. The molecule has 2 atom stereocenters. The second kappa shape index (κ2) is 11.3. The molecule has 0 N–H and O–H groups in total. The van der Waals surface area contributed by atoms with E-state index in [4.69, 9.17) is 9.83 Å². The second-order valence-electron chi connectivity index (χ2n) is 9.95. The largest absolute Gasteiger partial charge is 0.297 e. The first-order valence-electron chi connectivity index (χ1n) is 13.5. The van der Waals surface area contributed by atoms with E-state index in [0.717, 1.165) is 31.6 Å². The lowest BCUT2D eigenvalue weighted by atomic mass is 9.75. The van der Waals surface area contributed by atoms with Crippen LogP contribution in [0.4, 0.5) is 5.69 Å². The second-order valence-corrected chi connectivity index (χ2v) is 9.95. The van der Waals surface area contributed by atoms with Gasteiger partial charge in [0.15, 0.2) is 0 Å². The van der Waals surface area contributed by atoms with Gasteiger partial charge < -0.3 is 0 Å². The average Bonchev–Trinajstić information content (AvgIpc) is 3.20. The molecule has 2 fully saturated rings. The van der Waals surface area contributed by atoms with E-state index < -0.39 is 5.54 Å². The van der Waals surface area contributed by atoms with Gasteiger partial charge in [0.25, 0.3) is 0 Å². The van der Waals surface area contributed by atoms with Gasteiger partial charge in [0.2, 0.25) is 0 Å². The molecule has 3 heteroatoms. The molecular formula is C32H38N2O. The van der Waals surface area contributed by atoms with Crippen LogP contribution in [0, 0.1) is 5.92 Å². The Labute approximate surface area is 210 Å². The smallest absolute Gasteiger partial charge is 0.135 e. The van der Waals surface area contributed by atoms with Crippen LogP contribution >= 0.6 is 0 Å². The van der Waals surface area contributed by atoms with E-state index in [1.165, 1.54) is 48.9 Å². The molecule has 0 bridgehead atoms. The molecule has 0 radical (unpaired) electrons. The molecule has 5 rings (SSSR count). The highest BCUT2D eigenvalue weighted by Crippen LogP contribution is 2.52. The van der Waals surface area contributed by atoms with Gasteiger partial charge in [-0.05, 0) is 42.5 Å². The van der Waals surface area contributed by atoms with Gasteiger partial charge in [-0.3, -0.25) is 9.83 Å². The third kappa shape index (κ3) is 4.72. The monoisotopic (exact) mass is 466 g/mol. The van der Waals surface area contributed by atoms with E-state index >= 15 is 0 Å². The number of nitrogens with zero attached hydrogens (tertiary/aromatic N) is 2. The summed E-state index contributed by atoms with van der Waals surface area (Å²) in [5.74, 6) is 0.375. The van der Waals surface area contributed by atoms with Crippen LogP contribution in [0.5, 0.6) is 0 Å². The summed E-state index contributed by atoms with van der Waals surface area (Å²) in [7, 11) is 0. The van der Waals surface area contributed by atoms with Gasteiger partial charge in [-0.1, -0.05) is 118 Å². The molecule has 1 heterocycles.